The highest BCUT2D eigenvalue weighted by atomic mass is 35.5. The van der Waals surface area contributed by atoms with Gasteiger partial charge in [-0.1, -0.05) is 29.8 Å². The van der Waals surface area contributed by atoms with Crippen LogP contribution in [0.4, 0.5) is 4.39 Å². The monoisotopic (exact) mass is 311 g/mol. The highest BCUT2D eigenvalue weighted by molar-refractivity contribution is 7.83. The van der Waals surface area contributed by atoms with Gasteiger partial charge in [0.15, 0.2) is 0 Å². The molecule has 1 atom stereocenters. The fourth-order valence-electron chi connectivity index (χ4n) is 1.92. The fourth-order valence-corrected chi connectivity index (χ4v) is 3.25. The molecule has 5 heteroatoms. The molecule has 0 heterocycles. The second-order valence-corrected chi connectivity index (χ2v) is 6.42. The summed E-state index contributed by atoms with van der Waals surface area (Å²) in [5, 5.41) is 0.650. The molecule has 0 spiro atoms. The molecule has 0 aliphatic rings. The van der Waals surface area contributed by atoms with E-state index in [4.69, 9.17) is 17.3 Å². The summed E-state index contributed by atoms with van der Waals surface area (Å²) in [6.07, 6.45) is 0. The standard InChI is InChI=1S/C15H15ClFNOS/c16-14-3-1-11(2-4-14)9-20(19)10-13-5-12(8-18)6-15(17)7-13/h1-7H,8-10,18H2. The SMILES string of the molecule is NCc1cc(F)cc(CS(=O)Cc2ccc(Cl)cc2)c1. The lowest BCUT2D eigenvalue weighted by molar-refractivity contribution is 0.623. The Balaban J connectivity index is 2.04. The first-order chi connectivity index (χ1) is 9.56. The van der Waals surface area contributed by atoms with Crippen molar-refractivity contribution >= 4 is 22.4 Å². The summed E-state index contributed by atoms with van der Waals surface area (Å²) in [5.74, 6) is 0.394. The van der Waals surface area contributed by atoms with Crippen LogP contribution in [0.25, 0.3) is 0 Å². The van der Waals surface area contributed by atoms with E-state index in [9.17, 15) is 8.60 Å². The Labute approximate surface area is 125 Å². The van der Waals surface area contributed by atoms with Gasteiger partial charge in [0.25, 0.3) is 0 Å². The van der Waals surface area contributed by atoms with Crippen molar-refractivity contribution in [2.24, 2.45) is 5.73 Å². The predicted molar refractivity (Wildman–Crippen MR) is 81.3 cm³/mol. The largest absolute Gasteiger partial charge is 0.326 e. The van der Waals surface area contributed by atoms with E-state index >= 15 is 0 Å². The van der Waals surface area contributed by atoms with Crippen LogP contribution in [0.5, 0.6) is 0 Å². The van der Waals surface area contributed by atoms with Gasteiger partial charge in [0.2, 0.25) is 0 Å². The second kappa shape index (κ2) is 6.97. The van der Waals surface area contributed by atoms with Gasteiger partial charge in [-0.05, 0) is 41.0 Å². The molecule has 2 nitrogen and oxygen atoms in total. The van der Waals surface area contributed by atoms with Gasteiger partial charge in [-0.3, -0.25) is 4.21 Å². The van der Waals surface area contributed by atoms with E-state index < -0.39 is 10.8 Å². The van der Waals surface area contributed by atoms with Gasteiger partial charge in [0, 0.05) is 33.9 Å². The van der Waals surface area contributed by atoms with Crippen LogP contribution in [0.1, 0.15) is 16.7 Å². The number of benzene rings is 2. The maximum absolute atomic E-state index is 13.4. The minimum atomic E-state index is -1.10. The van der Waals surface area contributed by atoms with Crippen molar-refractivity contribution in [3.63, 3.8) is 0 Å². The third-order valence-electron chi connectivity index (χ3n) is 2.82. The Hall–Kier alpha value is -1.23. The van der Waals surface area contributed by atoms with Crippen LogP contribution in [-0.4, -0.2) is 4.21 Å². The molecule has 2 N–H and O–H groups in total. The summed E-state index contributed by atoms with van der Waals surface area (Å²) in [6.45, 7) is 0.272. The molecule has 0 aliphatic heterocycles. The van der Waals surface area contributed by atoms with E-state index in [-0.39, 0.29) is 12.4 Å². The van der Waals surface area contributed by atoms with Crippen molar-refractivity contribution in [2.75, 3.05) is 0 Å². The van der Waals surface area contributed by atoms with Crippen molar-refractivity contribution in [1.82, 2.24) is 0 Å². The molecule has 20 heavy (non-hydrogen) atoms. The molecule has 106 valence electrons. The van der Waals surface area contributed by atoms with Crippen molar-refractivity contribution in [3.05, 3.63) is 70.0 Å². The van der Waals surface area contributed by atoms with Crippen LogP contribution in [-0.2, 0) is 28.9 Å². The molecule has 0 saturated carbocycles. The quantitative estimate of drug-likeness (QED) is 0.920. The molecule has 2 rings (SSSR count). The molecular formula is C15H15ClFNOS. The minimum absolute atomic E-state index is 0.272. The lowest BCUT2D eigenvalue weighted by Gasteiger charge is -2.06. The molecule has 2 aromatic rings. The van der Waals surface area contributed by atoms with E-state index in [0.29, 0.717) is 27.7 Å². The van der Waals surface area contributed by atoms with E-state index in [2.05, 4.69) is 0 Å². The van der Waals surface area contributed by atoms with Crippen LogP contribution in [0, 0.1) is 5.82 Å². The van der Waals surface area contributed by atoms with E-state index in [1.807, 2.05) is 12.1 Å². The van der Waals surface area contributed by atoms with E-state index in [0.717, 1.165) is 5.56 Å². The van der Waals surface area contributed by atoms with Crippen LogP contribution in [0.3, 0.4) is 0 Å². The number of hydrogen-bond acceptors (Lipinski definition) is 2. The minimum Gasteiger partial charge on any atom is -0.326 e. The van der Waals surface area contributed by atoms with Crippen molar-refractivity contribution < 1.29 is 8.60 Å². The van der Waals surface area contributed by atoms with Crippen LogP contribution in [0.2, 0.25) is 5.02 Å². The molecule has 2 aromatic carbocycles. The number of nitrogens with two attached hydrogens (primary N) is 1. The van der Waals surface area contributed by atoms with Gasteiger partial charge in [0.1, 0.15) is 5.82 Å². The number of hydrogen-bond donors (Lipinski definition) is 1. The third kappa shape index (κ3) is 4.40. The summed E-state index contributed by atoms with van der Waals surface area (Å²) in [6, 6.07) is 11.8. The van der Waals surface area contributed by atoms with Gasteiger partial charge in [-0.2, -0.15) is 0 Å². The van der Waals surface area contributed by atoms with Gasteiger partial charge in [-0.25, -0.2) is 4.39 Å². The highest BCUT2D eigenvalue weighted by Crippen LogP contribution is 2.15. The smallest absolute Gasteiger partial charge is 0.123 e. The maximum atomic E-state index is 13.4. The zero-order chi connectivity index (χ0) is 14.5. The lowest BCUT2D eigenvalue weighted by atomic mass is 10.1. The first-order valence-corrected chi connectivity index (χ1v) is 8.01. The zero-order valence-electron chi connectivity index (χ0n) is 10.8. The van der Waals surface area contributed by atoms with Crippen LogP contribution < -0.4 is 5.73 Å². The molecule has 0 aromatic heterocycles. The normalized spacial score (nSPS) is 12.3. The highest BCUT2D eigenvalue weighted by Gasteiger charge is 2.06. The molecule has 0 radical (unpaired) electrons. The Morgan fingerprint density at radius 2 is 1.60 bits per heavy atom. The van der Waals surface area contributed by atoms with E-state index in [1.165, 1.54) is 12.1 Å². The summed E-state index contributed by atoms with van der Waals surface area (Å²) in [4.78, 5) is 0. The Morgan fingerprint density at radius 3 is 2.25 bits per heavy atom. The van der Waals surface area contributed by atoms with Crippen molar-refractivity contribution in [3.8, 4) is 0 Å². The van der Waals surface area contributed by atoms with Gasteiger partial charge < -0.3 is 5.73 Å². The summed E-state index contributed by atoms with van der Waals surface area (Å²) in [5.41, 5.74) is 7.87. The molecule has 0 aliphatic carbocycles. The summed E-state index contributed by atoms with van der Waals surface area (Å²) in [7, 11) is -1.10. The number of rotatable bonds is 5. The van der Waals surface area contributed by atoms with Gasteiger partial charge in [-0.15, -0.1) is 0 Å². The average molecular weight is 312 g/mol. The molecule has 0 bridgehead atoms. The Kier molecular flexibility index (Phi) is 5.29. The van der Waals surface area contributed by atoms with E-state index in [1.54, 1.807) is 18.2 Å². The van der Waals surface area contributed by atoms with Gasteiger partial charge >= 0.3 is 0 Å². The average Bonchev–Trinajstić information content (AvgIpc) is 2.40. The molecule has 1 unspecified atom stereocenters. The lowest BCUT2D eigenvalue weighted by Crippen LogP contribution is -2.03. The molecule has 0 fully saturated rings. The summed E-state index contributed by atoms with van der Waals surface area (Å²) >= 11 is 5.80. The Morgan fingerprint density at radius 1 is 1.00 bits per heavy atom. The van der Waals surface area contributed by atoms with Crippen molar-refractivity contribution in [1.29, 1.82) is 0 Å². The van der Waals surface area contributed by atoms with Crippen LogP contribution >= 0.6 is 11.6 Å². The first-order valence-electron chi connectivity index (χ1n) is 6.14. The zero-order valence-corrected chi connectivity index (χ0v) is 12.4. The number of halogens is 2. The first kappa shape index (κ1) is 15.2. The Bertz CT molecular complexity index is 616. The predicted octanol–water partition coefficient (Wildman–Crippen LogP) is 3.39. The third-order valence-corrected chi connectivity index (χ3v) is 4.38. The molecular weight excluding hydrogens is 297 g/mol. The van der Waals surface area contributed by atoms with Crippen molar-refractivity contribution in [2.45, 2.75) is 18.1 Å². The van der Waals surface area contributed by atoms with Crippen LogP contribution in [0.15, 0.2) is 42.5 Å². The van der Waals surface area contributed by atoms with Gasteiger partial charge in [0.05, 0.1) is 0 Å². The molecule has 0 saturated heterocycles. The topological polar surface area (TPSA) is 43.1 Å². The molecule has 0 amide bonds. The fraction of sp³-hybridized carbons (Fsp3) is 0.200. The maximum Gasteiger partial charge on any atom is 0.123 e. The second-order valence-electron chi connectivity index (χ2n) is 4.53. The summed E-state index contributed by atoms with van der Waals surface area (Å²) < 4.78 is 25.5.